The van der Waals surface area contributed by atoms with E-state index in [0.29, 0.717) is 18.6 Å². The number of hydrogen-bond acceptors (Lipinski definition) is 4. The van der Waals surface area contributed by atoms with Crippen molar-refractivity contribution >= 4 is 11.8 Å². The summed E-state index contributed by atoms with van der Waals surface area (Å²) in [5.74, 6) is -0.207. The number of ketones is 1. The average Bonchev–Trinajstić information content (AvgIpc) is 2.49. The largest absolute Gasteiger partial charge is 0.463 e. The highest BCUT2D eigenvalue weighted by molar-refractivity contribution is 6.02. The van der Waals surface area contributed by atoms with Crippen LogP contribution in [0.2, 0.25) is 0 Å². The second-order valence-electron chi connectivity index (χ2n) is 8.12. The maximum Gasteiger partial charge on any atom is 0.336 e. The lowest BCUT2D eigenvalue weighted by Crippen LogP contribution is -2.39. The predicted octanol–water partition coefficient (Wildman–Crippen LogP) is 4.66. The molecule has 4 heteroatoms. The molecule has 2 aliphatic rings. The monoisotopic (exact) mass is 347 g/mol. The highest BCUT2D eigenvalue weighted by atomic mass is 16.5. The summed E-state index contributed by atoms with van der Waals surface area (Å²) in [5, 5.41) is 3.36. The minimum Gasteiger partial charge on any atom is -0.463 e. The van der Waals surface area contributed by atoms with Gasteiger partial charge in [0.05, 0.1) is 12.2 Å². The topological polar surface area (TPSA) is 55.4 Å². The van der Waals surface area contributed by atoms with Gasteiger partial charge in [-0.1, -0.05) is 46.5 Å². The van der Waals surface area contributed by atoms with Gasteiger partial charge in [0.15, 0.2) is 5.78 Å². The normalized spacial score (nSPS) is 22.6. The molecule has 1 aliphatic carbocycles. The lowest BCUT2D eigenvalue weighted by molar-refractivity contribution is -0.139. The molecule has 1 atom stereocenters. The molecule has 0 saturated heterocycles. The lowest BCUT2D eigenvalue weighted by Gasteiger charge is -2.39. The molecular formula is C21H33NO3. The number of carbonyl (C=O) groups excluding carboxylic acids is 2. The molecule has 4 nitrogen and oxygen atoms in total. The zero-order chi connectivity index (χ0) is 18.6. The number of carbonyl (C=O) groups is 2. The molecule has 25 heavy (non-hydrogen) atoms. The number of allylic oxidation sites excluding steroid dienone is 3. The molecule has 0 saturated carbocycles. The number of Topliss-reactive ketones (excluding diaryl/α,β-unsaturated/α-hetero) is 1. The SMILES string of the molecule is CCCCCCC1C(C(=O)OCC)=C(C)NC2=C1C(=O)CC(C)(C)C2. The summed E-state index contributed by atoms with van der Waals surface area (Å²) < 4.78 is 5.29. The Labute approximate surface area is 152 Å². The van der Waals surface area contributed by atoms with Gasteiger partial charge in [0.2, 0.25) is 0 Å². The molecule has 0 amide bonds. The number of dihydropyridines is 1. The average molecular weight is 347 g/mol. The summed E-state index contributed by atoms with van der Waals surface area (Å²) in [5.41, 5.74) is 3.34. The van der Waals surface area contributed by atoms with Gasteiger partial charge in [0.25, 0.3) is 0 Å². The van der Waals surface area contributed by atoms with Crippen molar-refractivity contribution in [2.75, 3.05) is 6.61 Å². The zero-order valence-corrected chi connectivity index (χ0v) is 16.5. The summed E-state index contributed by atoms with van der Waals surface area (Å²) >= 11 is 0. The van der Waals surface area contributed by atoms with Crippen molar-refractivity contribution < 1.29 is 14.3 Å². The van der Waals surface area contributed by atoms with E-state index in [1.165, 1.54) is 12.8 Å². The van der Waals surface area contributed by atoms with E-state index < -0.39 is 0 Å². The van der Waals surface area contributed by atoms with E-state index in [1.807, 2.05) is 13.8 Å². The summed E-state index contributed by atoms with van der Waals surface area (Å²) in [4.78, 5) is 25.5. The molecule has 140 valence electrons. The molecule has 1 N–H and O–H groups in total. The van der Waals surface area contributed by atoms with Crippen LogP contribution < -0.4 is 5.32 Å². The Kier molecular flexibility index (Phi) is 6.47. The fourth-order valence-corrected chi connectivity index (χ4v) is 4.12. The van der Waals surface area contributed by atoms with Crippen LogP contribution in [-0.2, 0) is 14.3 Å². The van der Waals surface area contributed by atoms with E-state index in [1.54, 1.807) is 0 Å². The smallest absolute Gasteiger partial charge is 0.336 e. The number of rotatable bonds is 7. The Bertz CT molecular complexity index is 598. The van der Waals surface area contributed by atoms with Gasteiger partial charge < -0.3 is 10.1 Å². The Morgan fingerprint density at radius 2 is 1.92 bits per heavy atom. The Morgan fingerprint density at radius 1 is 1.20 bits per heavy atom. The number of esters is 1. The van der Waals surface area contributed by atoms with Crippen molar-refractivity contribution in [1.82, 2.24) is 5.32 Å². The van der Waals surface area contributed by atoms with E-state index in [4.69, 9.17) is 4.74 Å². The van der Waals surface area contributed by atoms with Gasteiger partial charge in [-0.25, -0.2) is 4.79 Å². The van der Waals surface area contributed by atoms with Crippen LogP contribution in [0.4, 0.5) is 0 Å². The summed E-state index contributed by atoms with van der Waals surface area (Å²) in [6.45, 7) is 10.6. The molecule has 1 heterocycles. The number of nitrogens with one attached hydrogen (secondary N) is 1. The lowest BCUT2D eigenvalue weighted by atomic mass is 9.69. The number of ether oxygens (including phenoxy) is 1. The summed E-state index contributed by atoms with van der Waals surface area (Å²) in [6.07, 6.45) is 6.78. The van der Waals surface area contributed by atoms with E-state index >= 15 is 0 Å². The Morgan fingerprint density at radius 3 is 2.56 bits per heavy atom. The van der Waals surface area contributed by atoms with Crippen LogP contribution in [0.1, 0.15) is 79.6 Å². The minimum absolute atomic E-state index is 0.0304. The van der Waals surface area contributed by atoms with Gasteiger partial charge in [0.1, 0.15) is 0 Å². The van der Waals surface area contributed by atoms with Crippen LogP contribution in [0.15, 0.2) is 22.5 Å². The maximum atomic E-state index is 12.9. The van der Waals surface area contributed by atoms with Gasteiger partial charge in [-0.15, -0.1) is 0 Å². The molecular weight excluding hydrogens is 314 g/mol. The highest BCUT2D eigenvalue weighted by Crippen LogP contribution is 2.44. The second kappa shape index (κ2) is 8.20. The van der Waals surface area contributed by atoms with Crippen LogP contribution in [0.25, 0.3) is 0 Å². The molecule has 0 aromatic rings. The molecule has 2 rings (SSSR count). The van der Waals surface area contributed by atoms with Gasteiger partial charge >= 0.3 is 5.97 Å². The van der Waals surface area contributed by atoms with Crippen molar-refractivity contribution in [3.05, 3.63) is 22.5 Å². The molecule has 0 radical (unpaired) electrons. The zero-order valence-electron chi connectivity index (χ0n) is 16.5. The minimum atomic E-state index is -0.280. The van der Waals surface area contributed by atoms with Crippen molar-refractivity contribution in [2.24, 2.45) is 11.3 Å². The second-order valence-corrected chi connectivity index (χ2v) is 8.12. The van der Waals surface area contributed by atoms with E-state index in [-0.39, 0.29) is 23.1 Å². The number of hydrogen-bond donors (Lipinski definition) is 1. The quantitative estimate of drug-likeness (QED) is 0.538. The third kappa shape index (κ3) is 4.53. The van der Waals surface area contributed by atoms with Crippen molar-refractivity contribution in [3.63, 3.8) is 0 Å². The molecule has 0 aromatic carbocycles. The number of unbranched alkanes of at least 4 members (excludes halogenated alkanes) is 3. The van der Waals surface area contributed by atoms with Crippen LogP contribution in [-0.4, -0.2) is 18.4 Å². The summed E-state index contributed by atoms with van der Waals surface area (Å²) in [7, 11) is 0. The maximum absolute atomic E-state index is 12.9. The fraction of sp³-hybridized carbons (Fsp3) is 0.714. The van der Waals surface area contributed by atoms with Gasteiger partial charge in [-0.2, -0.15) is 0 Å². The Balaban J connectivity index is 2.34. The van der Waals surface area contributed by atoms with Gasteiger partial charge in [0, 0.05) is 29.3 Å². The van der Waals surface area contributed by atoms with Crippen LogP contribution in [0, 0.1) is 11.3 Å². The van der Waals surface area contributed by atoms with E-state index in [2.05, 4.69) is 26.1 Å². The standard InChI is InChI=1S/C21H33NO3/c1-6-8-9-10-11-15-18(20(24)25-7-2)14(3)22-16-12-21(4,5)13-17(23)19(15)16/h15,22H,6-13H2,1-5H3. The van der Waals surface area contributed by atoms with Crippen molar-refractivity contribution in [2.45, 2.75) is 79.6 Å². The fourth-order valence-electron chi connectivity index (χ4n) is 4.12. The van der Waals surface area contributed by atoms with Gasteiger partial charge in [-0.3, -0.25) is 4.79 Å². The van der Waals surface area contributed by atoms with Crippen LogP contribution in [0.5, 0.6) is 0 Å². The van der Waals surface area contributed by atoms with E-state index in [0.717, 1.165) is 42.7 Å². The molecule has 0 aromatic heterocycles. The first-order valence-electron chi connectivity index (χ1n) is 9.72. The summed E-state index contributed by atoms with van der Waals surface area (Å²) in [6, 6.07) is 0. The van der Waals surface area contributed by atoms with Gasteiger partial charge in [-0.05, 0) is 32.1 Å². The molecule has 1 unspecified atom stereocenters. The van der Waals surface area contributed by atoms with Crippen molar-refractivity contribution in [3.8, 4) is 0 Å². The predicted molar refractivity (Wildman–Crippen MR) is 99.8 cm³/mol. The third-order valence-electron chi connectivity index (χ3n) is 5.20. The first-order chi connectivity index (χ1) is 11.8. The first kappa shape index (κ1) is 19.7. The van der Waals surface area contributed by atoms with Crippen LogP contribution >= 0.6 is 0 Å². The first-order valence-corrected chi connectivity index (χ1v) is 9.72. The molecule has 1 aliphatic heterocycles. The molecule has 0 spiro atoms. The Hall–Kier alpha value is -1.58. The van der Waals surface area contributed by atoms with Crippen LogP contribution in [0.3, 0.4) is 0 Å². The van der Waals surface area contributed by atoms with Crippen molar-refractivity contribution in [1.29, 1.82) is 0 Å². The third-order valence-corrected chi connectivity index (χ3v) is 5.20. The molecule has 0 fully saturated rings. The molecule has 0 bridgehead atoms. The van der Waals surface area contributed by atoms with E-state index in [9.17, 15) is 9.59 Å². The highest BCUT2D eigenvalue weighted by Gasteiger charge is 2.41.